The lowest BCUT2D eigenvalue weighted by Crippen LogP contribution is -2.37. The van der Waals surface area contributed by atoms with Gasteiger partial charge in [-0.05, 0) is 43.5 Å². The maximum absolute atomic E-state index is 12.9. The second-order valence-electron chi connectivity index (χ2n) is 6.50. The molecule has 0 radical (unpaired) electrons. The SMILES string of the molecule is Cc1ccccc1-n1cnnc1SCC(=O)N1c2ccccc2CC1C. The highest BCUT2D eigenvalue weighted by Crippen LogP contribution is 2.33. The molecule has 0 N–H and O–H groups in total. The topological polar surface area (TPSA) is 51.0 Å². The molecular formula is C20H20N4OS. The summed E-state index contributed by atoms with van der Waals surface area (Å²) in [6.07, 6.45) is 2.61. The number of carbonyl (C=O) groups is 1. The molecule has 0 fully saturated rings. The summed E-state index contributed by atoms with van der Waals surface area (Å²) in [5, 5.41) is 8.96. The molecule has 2 aromatic carbocycles. The second kappa shape index (κ2) is 6.96. The van der Waals surface area contributed by atoms with Crippen molar-refractivity contribution in [3.8, 4) is 5.69 Å². The van der Waals surface area contributed by atoms with E-state index in [1.807, 2.05) is 45.9 Å². The molecule has 0 aliphatic carbocycles. The number of thioether (sulfide) groups is 1. The first-order chi connectivity index (χ1) is 12.6. The van der Waals surface area contributed by atoms with E-state index in [1.54, 1.807) is 6.33 Å². The van der Waals surface area contributed by atoms with Gasteiger partial charge >= 0.3 is 0 Å². The normalized spacial score (nSPS) is 15.9. The van der Waals surface area contributed by atoms with Crippen LogP contribution in [0, 0.1) is 6.92 Å². The lowest BCUT2D eigenvalue weighted by Gasteiger charge is -2.22. The van der Waals surface area contributed by atoms with Crippen LogP contribution in [0.3, 0.4) is 0 Å². The lowest BCUT2D eigenvalue weighted by molar-refractivity contribution is -0.116. The number of rotatable bonds is 4. The third-order valence-electron chi connectivity index (χ3n) is 4.69. The summed E-state index contributed by atoms with van der Waals surface area (Å²) in [5.41, 5.74) is 4.45. The Labute approximate surface area is 157 Å². The number of nitrogens with zero attached hydrogens (tertiary/aromatic N) is 4. The summed E-state index contributed by atoms with van der Waals surface area (Å²) >= 11 is 1.43. The maximum atomic E-state index is 12.9. The first-order valence-corrected chi connectivity index (χ1v) is 9.62. The molecule has 1 amide bonds. The van der Waals surface area contributed by atoms with Gasteiger partial charge < -0.3 is 4.90 Å². The van der Waals surface area contributed by atoms with E-state index >= 15 is 0 Å². The Balaban J connectivity index is 1.52. The monoisotopic (exact) mass is 364 g/mol. The van der Waals surface area contributed by atoms with Gasteiger partial charge in [-0.2, -0.15) is 0 Å². The van der Waals surface area contributed by atoms with Crippen LogP contribution in [0.25, 0.3) is 5.69 Å². The summed E-state index contributed by atoms with van der Waals surface area (Å²) in [5.74, 6) is 0.440. The first kappa shape index (κ1) is 16.8. The summed E-state index contributed by atoms with van der Waals surface area (Å²) in [4.78, 5) is 14.8. The zero-order valence-electron chi connectivity index (χ0n) is 14.8. The third-order valence-corrected chi connectivity index (χ3v) is 5.62. The molecule has 1 aliphatic rings. The Morgan fingerprint density at radius 3 is 2.69 bits per heavy atom. The minimum Gasteiger partial charge on any atom is -0.308 e. The molecule has 1 unspecified atom stereocenters. The predicted octanol–water partition coefficient (Wildman–Crippen LogP) is 3.65. The van der Waals surface area contributed by atoms with Gasteiger partial charge in [-0.15, -0.1) is 10.2 Å². The van der Waals surface area contributed by atoms with E-state index in [9.17, 15) is 4.79 Å². The van der Waals surface area contributed by atoms with Crippen LogP contribution in [0.2, 0.25) is 0 Å². The van der Waals surface area contributed by atoms with Gasteiger partial charge in [0.25, 0.3) is 0 Å². The predicted molar refractivity (Wildman–Crippen MR) is 104 cm³/mol. The molecule has 26 heavy (non-hydrogen) atoms. The standard InChI is InChI=1S/C20H20N4OS/c1-14-7-3-5-9-17(14)23-13-21-22-20(23)26-12-19(25)24-15(2)11-16-8-4-6-10-18(16)24/h3-10,13,15H,11-12H2,1-2H3. The number of carbonyl (C=O) groups excluding carboxylic acids is 1. The maximum Gasteiger partial charge on any atom is 0.237 e. The molecule has 3 aromatic rings. The first-order valence-electron chi connectivity index (χ1n) is 8.64. The highest BCUT2D eigenvalue weighted by Gasteiger charge is 2.30. The van der Waals surface area contributed by atoms with Gasteiger partial charge in [-0.1, -0.05) is 48.2 Å². The fourth-order valence-corrected chi connectivity index (χ4v) is 4.24. The molecule has 0 spiro atoms. The van der Waals surface area contributed by atoms with Crippen molar-refractivity contribution in [1.29, 1.82) is 0 Å². The molecule has 0 saturated carbocycles. The molecule has 6 heteroatoms. The number of aryl methyl sites for hydroxylation is 1. The quantitative estimate of drug-likeness (QED) is 0.663. The number of amides is 1. The van der Waals surface area contributed by atoms with Crippen LogP contribution < -0.4 is 4.90 Å². The Kier molecular flexibility index (Phi) is 4.51. The number of fused-ring (bicyclic) bond motifs is 1. The molecule has 0 bridgehead atoms. The van der Waals surface area contributed by atoms with Crippen molar-refractivity contribution in [1.82, 2.24) is 14.8 Å². The minimum atomic E-state index is 0.104. The van der Waals surface area contributed by atoms with Gasteiger partial charge in [0.15, 0.2) is 5.16 Å². The fourth-order valence-electron chi connectivity index (χ4n) is 3.46. The summed E-state index contributed by atoms with van der Waals surface area (Å²) < 4.78 is 1.94. The van der Waals surface area contributed by atoms with Crippen LogP contribution in [0.5, 0.6) is 0 Å². The van der Waals surface area contributed by atoms with Crippen LogP contribution in [0.15, 0.2) is 60.0 Å². The van der Waals surface area contributed by atoms with E-state index in [2.05, 4.69) is 36.2 Å². The number of hydrogen-bond donors (Lipinski definition) is 0. The Morgan fingerprint density at radius 1 is 1.15 bits per heavy atom. The molecule has 0 saturated heterocycles. The molecule has 132 valence electrons. The number of para-hydroxylation sites is 2. The smallest absolute Gasteiger partial charge is 0.237 e. The van der Waals surface area contributed by atoms with Crippen LogP contribution in [0.1, 0.15) is 18.1 Å². The van der Waals surface area contributed by atoms with Crippen molar-refractivity contribution in [2.45, 2.75) is 31.5 Å². The zero-order chi connectivity index (χ0) is 18.1. The number of anilines is 1. The molecule has 1 atom stereocenters. The zero-order valence-corrected chi connectivity index (χ0v) is 15.6. The van der Waals surface area contributed by atoms with Gasteiger partial charge in [-0.3, -0.25) is 9.36 Å². The van der Waals surface area contributed by atoms with Crippen LogP contribution >= 0.6 is 11.8 Å². The van der Waals surface area contributed by atoms with Crippen molar-refractivity contribution in [3.05, 3.63) is 66.0 Å². The van der Waals surface area contributed by atoms with Crippen LogP contribution in [-0.4, -0.2) is 32.5 Å². The molecule has 4 rings (SSSR count). The minimum absolute atomic E-state index is 0.104. The Hall–Kier alpha value is -2.60. The summed E-state index contributed by atoms with van der Waals surface area (Å²) in [6.45, 7) is 4.15. The van der Waals surface area contributed by atoms with E-state index in [0.717, 1.165) is 28.5 Å². The number of aromatic nitrogens is 3. The van der Waals surface area contributed by atoms with Crippen molar-refractivity contribution >= 4 is 23.4 Å². The van der Waals surface area contributed by atoms with Crippen molar-refractivity contribution in [2.24, 2.45) is 0 Å². The van der Waals surface area contributed by atoms with Crippen molar-refractivity contribution in [3.63, 3.8) is 0 Å². The van der Waals surface area contributed by atoms with Crippen LogP contribution in [0.4, 0.5) is 5.69 Å². The third kappa shape index (κ3) is 3.01. The average Bonchev–Trinajstić information content (AvgIpc) is 3.23. The van der Waals surface area contributed by atoms with E-state index in [-0.39, 0.29) is 11.9 Å². The van der Waals surface area contributed by atoms with Gasteiger partial charge in [-0.25, -0.2) is 0 Å². The van der Waals surface area contributed by atoms with Crippen LogP contribution in [-0.2, 0) is 11.2 Å². The van der Waals surface area contributed by atoms with Gasteiger partial charge in [0.2, 0.25) is 5.91 Å². The van der Waals surface area contributed by atoms with E-state index < -0.39 is 0 Å². The van der Waals surface area contributed by atoms with Gasteiger partial charge in [0, 0.05) is 11.7 Å². The summed E-state index contributed by atoms with van der Waals surface area (Å²) in [6, 6.07) is 16.4. The highest BCUT2D eigenvalue weighted by atomic mass is 32.2. The van der Waals surface area contributed by atoms with E-state index in [0.29, 0.717) is 5.75 Å². The molecule has 2 heterocycles. The van der Waals surface area contributed by atoms with E-state index in [1.165, 1.54) is 17.3 Å². The van der Waals surface area contributed by atoms with E-state index in [4.69, 9.17) is 0 Å². The molecular weight excluding hydrogens is 344 g/mol. The van der Waals surface area contributed by atoms with Crippen molar-refractivity contribution < 1.29 is 4.79 Å². The summed E-state index contributed by atoms with van der Waals surface area (Å²) in [7, 11) is 0. The fraction of sp³-hybridized carbons (Fsp3) is 0.250. The van der Waals surface area contributed by atoms with Gasteiger partial charge in [0.1, 0.15) is 6.33 Å². The molecule has 5 nitrogen and oxygen atoms in total. The highest BCUT2D eigenvalue weighted by molar-refractivity contribution is 7.99. The molecule has 1 aromatic heterocycles. The number of benzene rings is 2. The lowest BCUT2D eigenvalue weighted by atomic mass is 10.1. The Bertz CT molecular complexity index is 952. The number of hydrogen-bond acceptors (Lipinski definition) is 4. The largest absolute Gasteiger partial charge is 0.308 e. The van der Waals surface area contributed by atoms with Crippen molar-refractivity contribution in [2.75, 3.05) is 10.7 Å². The Morgan fingerprint density at radius 2 is 1.88 bits per heavy atom. The molecule has 1 aliphatic heterocycles. The second-order valence-corrected chi connectivity index (χ2v) is 7.45. The average molecular weight is 364 g/mol. The van der Waals surface area contributed by atoms with Gasteiger partial charge in [0.05, 0.1) is 11.4 Å².